The fourth-order valence-electron chi connectivity index (χ4n) is 1.83. The molecule has 1 aromatic heterocycles. The fourth-order valence-corrected chi connectivity index (χ4v) is 1.83. The summed E-state index contributed by atoms with van der Waals surface area (Å²) >= 11 is 0. The lowest BCUT2D eigenvalue weighted by atomic mass is 10.2. The minimum atomic E-state index is -0.943. The summed E-state index contributed by atoms with van der Waals surface area (Å²) in [5.41, 5.74) is 0.247. The van der Waals surface area contributed by atoms with Crippen LogP contribution in [0.4, 0.5) is 5.82 Å². The molecule has 5 heteroatoms. The van der Waals surface area contributed by atoms with Gasteiger partial charge in [0.1, 0.15) is 11.4 Å². The maximum Gasteiger partial charge on any atom is 0.339 e. The molecule has 0 aromatic carbocycles. The molecule has 16 heavy (non-hydrogen) atoms. The van der Waals surface area contributed by atoms with Gasteiger partial charge in [-0.05, 0) is 19.1 Å². The average molecular weight is 222 g/mol. The molecule has 1 atom stereocenters. The molecule has 0 bridgehead atoms. The Balaban J connectivity index is 2.34. The van der Waals surface area contributed by atoms with E-state index < -0.39 is 5.97 Å². The minimum absolute atomic E-state index is 0.154. The second-order valence-corrected chi connectivity index (χ2v) is 3.80. The molecule has 1 aromatic rings. The van der Waals surface area contributed by atoms with E-state index in [2.05, 4.69) is 4.98 Å². The van der Waals surface area contributed by atoms with E-state index in [-0.39, 0.29) is 11.6 Å². The molecule has 2 rings (SSSR count). The van der Waals surface area contributed by atoms with Crippen molar-refractivity contribution in [2.24, 2.45) is 0 Å². The normalized spacial score (nSPS) is 20.8. The van der Waals surface area contributed by atoms with Gasteiger partial charge in [0, 0.05) is 12.7 Å². The molecule has 0 saturated carbocycles. The van der Waals surface area contributed by atoms with Gasteiger partial charge in [0.05, 0.1) is 19.3 Å². The van der Waals surface area contributed by atoms with Crippen molar-refractivity contribution in [3.05, 3.63) is 23.9 Å². The highest BCUT2D eigenvalue weighted by molar-refractivity contribution is 5.93. The number of ether oxygens (including phenoxy) is 1. The first-order valence-corrected chi connectivity index (χ1v) is 5.23. The molecule has 86 valence electrons. The summed E-state index contributed by atoms with van der Waals surface area (Å²) in [7, 11) is 0. The molecule has 0 radical (unpaired) electrons. The smallest absolute Gasteiger partial charge is 0.339 e. The molecular weight excluding hydrogens is 208 g/mol. The molecule has 1 N–H and O–H groups in total. The van der Waals surface area contributed by atoms with Crippen LogP contribution in [-0.2, 0) is 4.74 Å². The second kappa shape index (κ2) is 4.49. The van der Waals surface area contributed by atoms with Crippen LogP contribution in [0.1, 0.15) is 17.3 Å². The first-order valence-electron chi connectivity index (χ1n) is 5.23. The molecular formula is C11H14N2O3. The summed E-state index contributed by atoms with van der Waals surface area (Å²) in [4.78, 5) is 17.2. The van der Waals surface area contributed by atoms with Crippen LogP contribution in [0.3, 0.4) is 0 Å². The van der Waals surface area contributed by atoms with Gasteiger partial charge in [-0.15, -0.1) is 0 Å². The predicted octanol–water partition coefficient (Wildman–Crippen LogP) is 1.00. The summed E-state index contributed by atoms with van der Waals surface area (Å²) in [6, 6.07) is 3.37. The Hall–Kier alpha value is -1.62. The lowest BCUT2D eigenvalue weighted by Gasteiger charge is -2.34. The van der Waals surface area contributed by atoms with Crippen molar-refractivity contribution < 1.29 is 14.6 Å². The number of morpholine rings is 1. The number of aromatic carboxylic acids is 1. The Morgan fingerprint density at radius 2 is 2.50 bits per heavy atom. The number of anilines is 1. The third-order valence-corrected chi connectivity index (χ3v) is 2.66. The summed E-state index contributed by atoms with van der Waals surface area (Å²) < 4.78 is 5.32. The molecule has 0 aliphatic carbocycles. The molecule has 0 spiro atoms. The molecule has 5 nitrogen and oxygen atoms in total. The highest BCUT2D eigenvalue weighted by Gasteiger charge is 2.24. The maximum absolute atomic E-state index is 11.1. The van der Waals surface area contributed by atoms with Crippen LogP contribution in [0.15, 0.2) is 18.3 Å². The van der Waals surface area contributed by atoms with Crippen LogP contribution in [0.25, 0.3) is 0 Å². The first kappa shape index (κ1) is 10.9. The van der Waals surface area contributed by atoms with Gasteiger partial charge < -0.3 is 14.7 Å². The zero-order valence-electron chi connectivity index (χ0n) is 9.09. The quantitative estimate of drug-likeness (QED) is 0.809. The zero-order chi connectivity index (χ0) is 11.5. The van der Waals surface area contributed by atoms with Gasteiger partial charge in [0.2, 0.25) is 0 Å². The van der Waals surface area contributed by atoms with E-state index in [4.69, 9.17) is 9.84 Å². The SMILES string of the molecule is C[C@@H]1COCCN1c1ncccc1C(=O)O. The monoisotopic (exact) mass is 222 g/mol. The molecule has 1 saturated heterocycles. The summed E-state index contributed by atoms with van der Waals surface area (Å²) in [5.74, 6) is -0.410. The predicted molar refractivity (Wildman–Crippen MR) is 58.8 cm³/mol. The van der Waals surface area contributed by atoms with E-state index in [1.54, 1.807) is 18.3 Å². The first-order chi connectivity index (χ1) is 7.70. The fraction of sp³-hybridized carbons (Fsp3) is 0.455. The van der Waals surface area contributed by atoms with Crippen LogP contribution in [0, 0.1) is 0 Å². The van der Waals surface area contributed by atoms with Crippen molar-refractivity contribution >= 4 is 11.8 Å². The number of carboxylic acid groups (broad SMARTS) is 1. The summed E-state index contributed by atoms with van der Waals surface area (Å²) in [5, 5.41) is 9.08. The summed E-state index contributed by atoms with van der Waals surface area (Å²) in [6.45, 7) is 3.90. The van der Waals surface area contributed by atoms with Crippen LogP contribution < -0.4 is 4.90 Å². The Bertz CT molecular complexity index is 395. The largest absolute Gasteiger partial charge is 0.478 e. The van der Waals surface area contributed by atoms with Crippen molar-refractivity contribution in [1.29, 1.82) is 0 Å². The number of rotatable bonds is 2. The van der Waals surface area contributed by atoms with Gasteiger partial charge in [-0.1, -0.05) is 0 Å². The van der Waals surface area contributed by atoms with Crippen molar-refractivity contribution in [3.63, 3.8) is 0 Å². The molecule has 0 unspecified atom stereocenters. The Morgan fingerprint density at radius 1 is 1.69 bits per heavy atom. The zero-order valence-corrected chi connectivity index (χ0v) is 9.09. The van der Waals surface area contributed by atoms with Gasteiger partial charge >= 0.3 is 5.97 Å². The number of aromatic nitrogens is 1. The molecule has 1 aliphatic heterocycles. The topological polar surface area (TPSA) is 62.7 Å². The number of hydrogen-bond acceptors (Lipinski definition) is 4. The maximum atomic E-state index is 11.1. The molecule has 0 amide bonds. The van der Waals surface area contributed by atoms with Gasteiger partial charge in [-0.3, -0.25) is 0 Å². The summed E-state index contributed by atoms with van der Waals surface area (Å²) in [6.07, 6.45) is 1.62. The second-order valence-electron chi connectivity index (χ2n) is 3.80. The van der Waals surface area contributed by atoms with E-state index in [1.807, 2.05) is 11.8 Å². The number of carboxylic acids is 1. The molecule has 1 fully saturated rings. The van der Waals surface area contributed by atoms with Crippen LogP contribution in [0.5, 0.6) is 0 Å². The highest BCUT2D eigenvalue weighted by Crippen LogP contribution is 2.21. The van der Waals surface area contributed by atoms with Crippen molar-refractivity contribution in [3.8, 4) is 0 Å². The van der Waals surface area contributed by atoms with Crippen molar-refractivity contribution in [1.82, 2.24) is 4.98 Å². The van der Waals surface area contributed by atoms with Gasteiger partial charge in [-0.25, -0.2) is 9.78 Å². The highest BCUT2D eigenvalue weighted by atomic mass is 16.5. The van der Waals surface area contributed by atoms with Crippen LogP contribution in [0.2, 0.25) is 0 Å². The Morgan fingerprint density at radius 3 is 3.19 bits per heavy atom. The van der Waals surface area contributed by atoms with Crippen molar-refractivity contribution in [2.75, 3.05) is 24.7 Å². The number of hydrogen-bond donors (Lipinski definition) is 1. The Kier molecular flexibility index (Phi) is 3.05. The third-order valence-electron chi connectivity index (χ3n) is 2.66. The van der Waals surface area contributed by atoms with Gasteiger partial charge in [0.25, 0.3) is 0 Å². The van der Waals surface area contributed by atoms with Crippen molar-refractivity contribution in [2.45, 2.75) is 13.0 Å². The third kappa shape index (κ3) is 1.99. The lowest BCUT2D eigenvalue weighted by molar-refractivity contribution is 0.0694. The number of pyridine rings is 1. The van der Waals surface area contributed by atoms with E-state index in [1.165, 1.54) is 0 Å². The van der Waals surface area contributed by atoms with E-state index >= 15 is 0 Å². The van der Waals surface area contributed by atoms with Crippen LogP contribution in [-0.4, -0.2) is 41.9 Å². The molecule has 1 aliphatic rings. The minimum Gasteiger partial charge on any atom is -0.478 e. The lowest BCUT2D eigenvalue weighted by Crippen LogP contribution is -2.44. The standard InChI is InChI=1S/C11H14N2O3/c1-8-7-16-6-5-13(8)10-9(11(14)15)3-2-4-12-10/h2-4,8H,5-7H2,1H3,(H,14,15)/t8-/m1/s1. The van der Waals surface area contributed by atoms with E-state index in [9.17, 15) is 4.79 Å². The molecule has 2 heterocycles. The average Bonchev–Trinajstić information content (AvgIpc) is 2.29. The van der Waals surface area contributed by atoms with E-state index in [0.717, 1.165) is 0 Å². The Labute approximate surface area is 93.7 Å². The van der Waals surface area contributed by atoms with Crippen LogP contribution >= 0.6 is 0 Å². The van der Waals surface area contributed by atoms with Gasteiger partial charge in [0.15, 0.2) is 0 Å². The number of carbonyl (C=O) groups is 1. The van der Waals surface area contributed by atoms with E-state index in [0.29, 0.717) is 25.6 Å². The number of nitrogens with zero attached hydrogens (tertiary/aromatic N) is 2. The van der Waals surface area contributed by atoms with Gasteiger partial charge in [-0.2, -0.15) is 0 Å².